The molecular formula is C26H48O2. The Bertz CT molecular complexity index is 357. The van der Waals surface area contributed by atoms with Gasteiger partial charge in [-0.1, -0.05) is 135 Å². The van der Waals surface area contributed by atoms with E-state index in [1.165, 1.54) is 128 Å². The number of hydrogen-bond acceptors (Lipinski definition) is 2. The summed E-state index contributed by atoms with van der Waals surface area (Å²) in [7, 11) is 0. The van der Waals surface area contributed by atoms with E-state index in [9.17, 15) is 4.79 Å². The smallest absolute Gasteiger partial charge is 0.310 e. The lowest BCUT2D eigenvalue weighted by molar-refractivity contribution is -0.138. The van der Waals surface area contributed by atoms with E-state index in [1.807, 2.05) is 0 Å². The summed E-state index contributed by atoms with van der Waals surface area (Å²) in [6.45, 7) is 3.40. The third kappa shape index (κ3) is 16.2. The van der Waals surface area contributed by atoms with Gasteiger partial charge in [-0.05, 0) is 12.3 Å². The quantitative estimate of drug-likeness (QED) is 0.125. The van der Waals surface area contributed by atoms with Crippen molar-refractivity contribution in [2.24, 2.45) is 5.92 Å². The summed E-state index contributed by atoms with van der Waals surface area (Å²) in [5.41, 5.74) is 0. The zero-order chi connectivity index (χ0) is 20.1. The highest BCUT2D eigenvalue weighted by molar-refractivity contribution is 5.69. The third-order valence-electron chi connectivity index (χ3n) is 6.43. The average molecular weight is 393 g/mol. The van der Waals surface area contributed by atoms with Gasteiger partial charge in [-0.15, -0.1) is 0 Å². The third-order valence-corrected chi connectivity index (χ3v) is 6.43. The average Bonchev–Trinajstić information content (AvgIpc) is 2.71. The van der Waals surface area contributed by atoms with E-state index in [4.69, 9.17) is 4.74 Å². The van der Waals surface area contributed by atoms with Gasteiger partial charge >= 0.3 is 5.97 Å². The summed E-state index contributed by atoms with van der Waals surface area (Å²) in [4.78, 5) is 11.2. The molecule has 1 saturated carbocycles. The fourth-order valence-electron chi connectivity index (χ4n) is 4.63. The van der Waals surface area contributed by atoms with Gasteiger partial charge in [0, 0.05) is 6.42 Å². The van der Waals surface area contributed by atoms with Crippen LogP contribution in [0.25, 0.3) is 0 Å². The molecule has 0 radical (unpaired) electrons. The number of hydrogen-bond donors (Lipinski definition) is 0. The molecular weight excluding hydrogens is 344 g/mol. The summed E-state index contributed by atoms with van der Waals surface area (Å²) in [6, 6.07) is 0. The molecule has 0 aromatic rings. The molecule has 0 aliphatic heterocycles. The molecule has 0 aromatic carbocycles. The van der Waals surface area contributed by atoms with Crippen molar-refractivity contribution in [1.29, 1.82) is 0 Å². The maximum atomic E-state index is 11.2. The first kappa shape index (κ1) is 25.2. The van der Waals surface area contributed by atoms with Crippen molar-refractivity contribution in [3.8, 4) is 0 Å². The lowest BCUT2D eigenvalue weighted by atomic mass is 9.85. The van der Waals surface area contributed by atoms with E-state index in [0.29, 0.717) is 6.42 Å². The van der Waals surface area contributed by atoms with Crippen molar-refractivity contribution in [3.63, 3.8) is 0 Å². The predicted molar refractivity (Wildman–Crippen MR) is 121 cm³/mol. The Labute approximate surface area is 175 Å². The van der Waals surface area contributed by atoms with Crippen LogP contribution in [-0.4, -0.2) is 5.97 Å². The SMILES string of the molecule is C=COC(=O)CCCCCCCCCCCCCCCCCC1CCCCC1. The van der Waals surface area contributed by atoms with E-state index in [0.717, 1.165) is 18.8 Å². The van der Waals surface area contributed by atoms with Crippen molar-refractivity contribution >= 4 is 5.97 Å². The van der Waals surface area contributed by atoms with Crippen molar-refractivity contribution in [3.05, 3.63) is 12.8 Å². The van der Waals surface area contributed by atoms with Crippen LogP contribution in [0.1, 0.15) is 141 Å². The number of esters is 1. The van der Waals surface area contributed by atoms with Crippen molar-refractivity contribution in [1.82, 2.24) is 0 Å². The Hall–Kier alpha value is -0.790. The van der Waals surface area contributed by atoms with E-state index in [1.54, 1.807) is 0 Å². The molecule has 2 heteroatoms. The van der Waals surface area contributed by atoms with Crippen LogP contribution in [0, 0.1) is 5.92 Å². The van der Waals surface area contributed by atoms with Gasteiger partial charge in [0.05, 0.1) is 6.26 Å². The Morgan fingerprint density at radius 3 is 1.57 bits per heavy atom. The van der Waals surface area contributed by atoms with E-state index >= 15 is 0 Å². The van der Waals surface area contributed by atoms with Gasteiger partial charge in [0.25, 0.3) is 0 Å². The first-order chi connectivity index (χ1) is 13.8. The normalized spacial score (nSPS) is 14.9. The zero-order valence-electron chi connectivity index (χ0n) is 18.7. The molecule has 1 fully saturated rings. The lowest BCUT2D eigenvalue weighted by Crippen LogP contribution is -2.05. The summed E-state index contributed by atoms with van der Waals surface area (Å²) in [5, 5.41) is 0. The molecule has 28 heavy (non-hydrogen) atoms. The van der Waals surface area contributed by atoms with E-state index in [2.05, 4.69) is 6.58 Å². The fraction of sp³-hybridized carbons (Fsp3) is 0.885. The minimum Gasteiger partial charge on any atom is -0.435 e. The van der Waals surface area contributed by atoms with Crippen LogP contribution in [0.3, 0.4) is 0 Å². The summed E-state index contributed by atoms with van der Waals surface area (Å²) >= 11 is 0. The molecule has 2 nitrogen and oxygen atoms in total. The Morgan fingerprint density at radius 2 is 1.11 bits per heavy atom. The molecule has 1 aliphatic rings. The molecule has 164 valence electrons. The molecule has 0 atom stereocenters. The second kappa shape index (κ2) is 19.5. The Morgan fingerprint density at radius 1 is 0.679 bits per heavy atom. The highest BCUT2D eigenvalue weighted by Crippen LogP contribution is 2.28. The van der Waals surface area contributed by atoms with Crippen molar-refractivity contribution < 1.29 is 9.53 Å². The molecule has 0 saturated heterocycles. The molecule has 0 unspecified atom stereocenters. The van der Waals surface area contributed by atoms with Gasteiger partial charge in [-0.25, -0.2) is 0 Å². The Kier molecular flexibility index (Phi) is 17.6. The van der Waals surface area contributed by atoms with Crippen LogP contribution in [0.5, 0.6) is 0 Å². The predicted octanol–water partition coefficient (Wildman–Crippen LogP) is 8.89. The van der Waals surface area contributed by atoms with Crippen molar-refractivity contribution in [2.75, 3.05) is 0 Å². The largest absolute Gasteiger partial charge is 0.435 e. The highest BCUT2D eigenvalue weighted by atomic mass is 16.5. The van der Waals surface area contributed by atoms with Crippen LogP contribution in [-0.2, 0) is 9.53 Å². The van der Waals surface area contributed by atoms with Crippen LogP contribution in [0.2, 0.25) is 0 Å². The molecule has 0 N–H and O–H groups in total. The number of ether oxygens (including phenoxy) is 1. The number of carbonyl (C=O) groups is 1. The van der Waals surface area contributed by atoms with Gasteiger partial charge in [-0.2, -0.15) is 0 Å². The van der Waals surface area contributed by atoms with Gasteiger partial charge in [0.2, 0.25) is 0 Å². The number of carbonyl (C=O) groups excluding carboxylic acids is 1. The van der Waals surface area contributed by atoms with Crippen LogP contribution >= 0.6 is 0 Å². The zero-order valence-corrected chi connectivity index (χ0v) is 18.7. The minimum atomic E-state index is -0.144. The first-order valence-electron chi connectivity index (χ1n) is 12.6. The number of unbranched alkanes of at least 4 members (excludes halogenated alkanes) is 14. The molecule has 1 rings (SSSR count). The molecule has 0 spiro atoms. The lowest BCUT2D eigenvalue weighted by Gasteiger charge is -2.21. The van der Waals surface area contributed by atoms with Crippen LogP contribution < -0.4 is 0 Å². The van der Waals surface area contributed by atoms with Gasteiger partial charge < -0.3 is 4.74 Å². The molecule has 1 aliphatic carbocycles. The maximum Gasteiger partial charge on any atom is 0.310 e. The van der Waals surface area contributed by atoms with Gasteiger partial charge in [-0.3, -0.25) is 4.79 Å². The van der Waals surface area contributed by atoms with E-state index in [-0.39, 0.29) is 5.97 Å². The monoisotopic (exact) mass is 392 g/mol. The molecule has 0 bridgehead atoms. The number of rotatable bonds is 19. The van der Waals surface area contributed by atoms with Crippen LogP contribution in [0.15, 0.2) is 12.8 Å². The Balaban J connectivity index is 1.67. The van der Waals surface area contributed by atoms with Crippen molar-refractivity contribution in [2.45, 2.75) is 141 Å². The van der Waals surface area contributed by atoms with Crippen LogP contribution in [0.4, 0.5) is 0 Å². The fourth-order valence-corrected chi connectivity index (χ4v) is 4.63. The minimum absolute atomic E-state index is 0.144. The summed E-state index contributed by atoms with van der Waals surface area (Å²) in [6.07, 6.45) is 31.3. The van der Waals surface area contributed by atoms with Gasteiger partial charge in [0.1, 0.15) is 0 Å². The van der Waals surface area contributed by atoms with Gasteiger partial charge in [0.15, 0.2) is 0 Å². The standard InChI is InChI=1S/C26H48O2/c1-2-28-26(27)24-20-15-13-11-9-7-5-3-4-6-8-10-12-14-17-21-25-22-18-16-19-23-25/h2,25H,1,3-24H2. The molecule has 0 amide bonds. The topological polar surface area (TPSA) is 26.3 Å². The molecule has 0 aromatic heterocycles. The highest BCUT2D eigenvalue weighted by Gasteiger charge is 2.12. The summed E-state index contributed by atoms with van der Waals surface area (Å²) in [5.74, 6) is 0.935. The second-order valence-corrected chi connectivity index (χ2v) is 9.00. The summed E-state index contributed by atoms with van der Waals surface area (Å²) < 4.78 is 4.71. The maximum absolute atomic E-state index is 11.2. The van der Waals surface area contributed by atoms with E-state index < -0.39 is 0 Å². The molecule has 0 heterocycles. The second-order valence-electron chi connectivity index (χ2n) is 9.00. The first-order valence-corrected chi connectivity index (χ1v) is 12.6.